The van der Waals surface area contributed by atoms with Crippen LogP contribution in [0.1, 0.15) is 36.2 Å². The minimum Gasteiger partial charge on any atom is -0.497 e. The smallest absolute Gasteiger partial charge is 0.262 e. The third kappa shape index (κ3) is 5.28. The van der Waals surface area contributed by atoms with Crippen LogP contribution >= 0.6 is 11.3 Å². The molecule has 0 radical (unpaired) electrons. The van der Waals surface area contributed by atoms with Crippen molar-refractivity contribution in [2.45, 2.75) is 25.8 Å². The van der Waals surface area contributed by atoms with Gasteiger partial charge >= 0.3 is 0 Å². The SMILES string of the molecule is CCC(=O)N(CCOC)CC(=O)N1N=C(c2cccs2)CC1c1cc(OC)ccc1OC. The first-order valence-corrected chi connectivity index (χ1v) is 11.3. The number of benzene rings is 1. The van der Waals surface area contributed by atoms with Gasteiger partial charge in [0.1, 0.15) is 18.0 Å². The maximum atomic E-state index is 13.4. The lowest BCUT2D eigenvalue weighted by Crippen LogP contribution is -2.42. The third-order valence-corrected chi connectivity index (χ3v) is 6.23. The van der Waals surface area contributed by atoms with Crippen LogP contribution in [0.15, 0.2) is 40.8 Å². The van der Waals surface area contributed by atoms with Gasteiger partial charge in [0.05, 0.1) is 37.5 Å². The molecule has 1 aliphatic rings. The van der Waals surface area contributed by atoms with Crippen molar-refractivity contribution < 1.29 is 23.8 Å². The molecule has 3 rings (SSSR count). The molecule has 1 aliphatic heterocycles. The maximum Gasteiger partial charge on any atom is 0.262 e. The van der Waals surface area contributed by atoms with E-state index in [0.29, 0.717) is 37.5 Å². The molecule has 1 unspecified atom stereocenters. The van der Waals surface area contributed by atoms with Crippen LogP contribution in [0.4, 0.5) is 0 Å². The summed E-state index contributed by atoms with van der Waals surface area (Å²) in [5, 5.41) is 8.15. The largest absolute Gasteiger partial charge is 0.497 e. The van der Waals surface area contributed by atoms with E-state index in [0.717, 1.165) is 16.2 Å². The summed E-state index contributed by atoms with van der Waals surface area (Å²) in [5.41, 5.74) is 1.63. The highest BCUT2D eigenvalue weighted by Gasteiger charge is 2.36. The molecule has 2 aromatic rings. The van der Waals surface area contributed by atoms with Gasteiger partial charge < -0.3 is 19.1 Å². The second-order valence-corrected chi connectivity index (χ2v) is 8.20. The van der Waals surface area contributed by atoms with Crippen molar-refractivity contribution in [3.63, 3.8) is 0 Å². The van der Waals surface area contributed by atoms with Crippen molar-refractivity contribution in [3.8, 4) is 11.5 Å². The van der Waals surface area contributed by atoms with Crippen LogP contribution in [-0.2, 0) is 14.3 Å². The van der Waals surface area contributed by atoms with Gasteiger partial charge in [-0.2, -0.15) is 5.10 Å². The molecule has 172 valence electrons. The zero-order valence-electron chi connectivity index (χ0n) is 18.9. The second-order valence-electron chi connectivity index (χ2n) is 7.25. The van der Waals surface area contributed by atoms with Gasteiger partial charge in [-0.25, -0.2) is 5.01 Å². The van der Waals surface area contributed by atoms with Crippen molar-refractivity contribution in [2.75, 3.05) is 41.0 Å². The Morgan fingerprint density at radius 1 is 1.22 bits per heavy atom. The maximum absolute atomic E-state index is 13.4. The molecule has 0 saturated heterocycles. The monoisotopic (exact) mass is 459 g/mol. The summed E-state index contributed by atoms with van der Waals surface area (Å²) in [5.74, 6) is 0.953. The Hall–Kier alpha value is -2.91. The molecule has 0 N–H and O–H groups in total. The second kappa shape index (κ2) is 11.1. The highest BCUT2D eigenvalue weighted by molar-refractivity contribution is 7.12. The van der Waals surface area contributed by atoms with Gasteiger partial charge in [-0.1, -0.05) is 13.0 Å². The predicted octanol–water partition coefficient (Wildman–Crippen LogP) is 3.33. The van der Waals surface area contributed by atoms with Crippen LogP contribution in [0.25, 0.3) is 0 Å². The van der Waals surface area contributed by atoms with Crippen LogP contribution in [0.5, 0.6) is 11.5 Å². The van der Waals surface area contributed by atoms with Gasteiger partial charge in [0, 0.05) is 32.1 Å². The molecule has 8 nitrogen and oxygen atoms in total. The van der Waals surface area contributed by atoms with Gasteiger partial charge in [-0.15, -0.1) is 11.3 Å². The zero-order valence-corrected chi connectivity index (χ0v) is 19.7. The van der Waals surface area contributed by atoms with Gasteiger partial charge in [0.2, 0.25) is 5.91 Å². The van der Waals surface area contributed by atoms with E-state index in [1.165, 1.54) is 9.91 Å². The molecule has 2 heterocycles. The molecule has 0 spiro atoms. The van der Waals surface area contributed by atoms with Crippen LogP contribution in [0.3, 0.4) is 0 Å². The third-order valence-electron chi connectivity index (χ3n) is 5.31. The molecule has 1 atom stereocenters. The Kier molecular flexibility index (Phi) is 8.24. The molecular formula is C23H29N3O5S. The topological polar surface area (TPSA) is 80.7 Å². The first-order valence-electron chi connectivity index (χ1n) is 10.4. The van der Waals surface area contributed by atoms with E-state index >= 15 is 0 Å². The van der Waals surface area contributed by atoms with E-state index in [1.807, 2.05) is 35.7 Å². The number of rotatable bonds is 10. The van der Waals surface area contributed by atoms with Crippen LogP contribution in [0, 0.1) is 0 Å². The number of thiophene rings is 1. The summed E-state index contributed by atoms with van der Waals surface area (Å²) in [6.45, 7) is 2.41. The fourth-order valence-corrected chi connectivity index (χ4v) is 4.35. The normalized spacial score (nSPS) is 15.4. The minimum absolute atomic E-state index is 0.0694. The average molecular weight is 460 g/mol. The average Bonchev–Trinajstić information content (AvgIpc) is 3.50. The van der Waals surface area contributed by atoms with Gasteiger partial charge in [0.25, 0.3) is 5.91 Å². The zero-order chi connectivity index (χ0) is 23.1. The lowest BCUT2D eigenvalue weighted by atomic mass is 9.99. The number of hydrogen-bond acceptors (Lipinski definition) is 7. The number of amides is 2. The highest BCUT2D eigenvalue weighted by Crippen LogP contribution is 2.39. The molecule has 0 aliphatic carbocycles. The number of hydrazone groups is 1. The van der Waals surface area contributed by atoms with Crippen LogP contribution < -0.4 is 9.47 Å². The van der Waals surface area contributed by atoms with Crippen molar-refractivity contribution in [3.05, 3.63) is 46.2 Å². The Balaban J connectivity index is 1.95. The van der Waals surface area contributed by atoms with E-state index in [-0.39, 0.29) is 24.4 Å². The summed E-state index contributed by atoms with van der Waals surface area (Å²) < 4.78 is 16.1. The summed E-state index contributed by atoms with van der Waals surface area (Å²) in [6.07, 6.45) is 0.851. The lowest BCUT2D eigenvalue weighted by Gasteiger charge is -2.27. The molecule has 1 aromatic heterocycles. The Labute approximate surface area is 192 Å². The van der Waals surface area contributed by atoms with Crippen LogP contribution in [-0.4, -0.2) is 68.5 Å². The molecule has 32 heavy (non-hydrogen) atoms. The fourth-order valence-electron chi connectivity index (χ4n) is 3.63. The summed E-state index contributed by atoms with van der Waals surface area (Å²) in [6, 6.07) is 9.09. The van der Waals surface area contributed by atoms with E-state index in [9.17, 15) is 9.59 Å². The first-order chi connectivity index (χ1) is 15.5. The molecule has 0 bridgehead atoms. The molecular weight excluding hydrogens is 430 g/mol. The molecule has 9 heteroatoms. The van der Waals surface area contributed by atoms with E-state index in [4.69, 9.17) is 14.2 Å². The van der Waals surface area contributed by atoms with Gasteiger partial charge in [-0.05, 0) is 29.6 Å². The van der Waals surface area contributed by atoms with Crippen molar-refractivity contribution in [1.29, 1.82) is 0 Å². The standard InChI is InChI=1S/C23H29N3O5S/c1-5-22(27)25(10-11-29-2)15-23(28)26-19(14-18(24-26)21-7-6-12-32-21)17-13-16(30-3)8-9-20(17)31-4/h6-9,12-13,19H,5,10-11,14-15H2,1-4H3. The number of methoxy groups -OCH3 is 3. The Morgan fingerprint density at radius 2 is 2.03 bits per heavy atom. The van der Waals surface area contributed by atoms with Gasteiger partial charge in [0.15, 0.2) is 0 Å². The van der Waals surface area contributed by atoms with Crippen LogP contribution in [0.2, 0.25) is 0 Å². The predicted molar refractivity (Wildman–Crippen MR) is 123 cm³/mol. The summed E-state index contributed by atoms with van der Waals surface area (Å²) >= 11 is 1.58. The minimum atomic E-state index is -0.370. The molecule has 2 amide bonds. The van der Waals surface area contributed by atoms with E-state index in [2.05, 4.69) is 5.10 Å². The Morgan fingerprint density at radius 3 is 2.66 bits per heavy atom. The number of hydrogen-bond donors (Lipinski definition) is 0. The summed E-state index contributed by atoms with van der Waals surface area (Å²) in [7, 11) is 4.76. The molecule has 0 saturated carbocycles. The van der Waals surface area contributed by atoms with E-state index < -0.39 is 0 Å². The molecule has 1 aromatic carbocycles. The summed E-state index contributed by atoms with van der Waals surface area (Å²) in [4.78, 5) is 28.3. The lowest BCUT2D eigenvalue weighted by molar-refractivity contribution is -0.142. The number of carbonyl (C=O) groups is 2. The highest BCUT2D eigenvalue weighted by atomic mass is 32.1. The van der Waals surface area contributed by atoms with Crippen molar-refractivity contribution in [2.24, 2.45) is 5.10 Å². The molecule has 0 fully saturated rings. The Bertz CT molecular complexity index is 961. The number of nitrogens with zero attached hydrogens (tertiary/aromatic N) is 3. The van der Waals surface area contributed by atoms with Gasteiger partial charge in [-0.3, -0.25) is 9.59 Å². The first kappa shape index (κ1) is 23.7. The number of carbonyl (C=O) groups excluding carboxylic acids is 2. The number of ether oxygens (including phenoxy) is 3. The van der Waals surface area contributed by atoms with Crippen molar-refractivity contribution in [1.82, 2.24) is 9.91 Å². The quantitative estimate of drug-likeness (QED) is 0.544. The van der Waals surface area contributed by atoms with E-state index in [1.54, 1.807) is 39.6 Å². The van der Waals surface area contributed by atoms with Crippen molar-refractivity contribution >= 4 is 28.9 Å². The fraction of sp³-hybridized carbons (Fsp3) is 0.435.